The van der Waals surface area contributed by atoms with Crippen molar-refractivity contribution in [2.75, 3.05) is 16.8 Å². The third kappa shape index (κ3) is 6.03. The van der Waals surface area contributed by atoms with E-state index in [4.69, 9.17) is 39.5 Å². The largest absolute Gasteiger partial charge is 0.508 e. The van der Waals surface area contributed by atoms with Crippen LogP contribution in [0, 0.1) is 0 Å². The van der Waals surface area contributed by atoms with Gasteiger partial charge < -0.3 is 15.2 Å². The molecule has 5 amide bonds. The normalized spacial score (nSPS) is 14.5. The van der Waals surface area contributed by atoms with Gasteiger partial charge in [0.15, 0.2) is 12.4 Å². The molecule has 4 rings (SSSR count). The molecular weight excluding hydrogens is 545 g/mol. The summed E-state index contributed by atoms with van der Waals surface area (Å²) in [6.45, 7) is -0.396. The molecule has 0 bridgehead atoms. The van der Waals surface area contributed by atoms with Crippen LogP contribution in [0.1, 0.15) is 5.56 Å². The zero-order chi connectivity index (χ0) is 26.7. The van der Waals surface area contributed by atoms with Gasteiger partial charge in [0.05, 0.1) is 15.7 Å². The van der Waals surface area contributed by atoms with Gasteiger partial charge in [-0.3, -0.25) is 19.7 Å². The number of rotatable bonds is 6. The predicted octanol–water partition coefficient (Wildman–Crippen LogP) is 5.04. The first kappa shape index (κ1) is 26.0. The number of anilines is 2. The molecule has 1 fully saturated rings. The van der Waals surface area contributed by atoms with E-state index in [0.29, 0.717) is 10.7 Å². The number of aromatic hydroxyl groups is 1. The molecular formula is C25H16Cl3N3O6. The quantitative estimate of drug-likeness (QED) is 0.287. The Hall–Kier alpha value is -4.05. The van der Waals surface area contributed by atoms with Gasteiger partial charge in [0.25, 0.3) is 17.7 Å². The van der Waals surface area contributed by atoms with E-state index in [1.807, 2.05) is 0 Å². The summed E-state index contributed by atoms with van der Waals surface area (Å²) >= 11 is 18.4. The second-order valence-electron chi connectivity index (χ2n) is 7.63. The monoisotopic (exact) mass is 559 g/mol. The Morgan fingerprint density at radius 2 is 1.59 bits per heavy atom. The van der Waals surface area contributed by atoms with Crippen molar-refractivity contribution in [2.45, 2.75) is 0 Å². The van der Waals surface area contributed by atoms with Crippen molar-refractivity contribution in [1.29, 1.82) is 0 Å². The molecule has 0 atom stereocenters. The lowest BCUT2D eigenvalue weighted by Gasteiger charge is -2.26. The van der Waals surface area contributed by atoms with Crippen LogP contribution in [-0.4, -0.2) is 35.5 Å². The van der Waals surface area contributed by atoms with Gasteiger partial charge >= 0.3 is 6.03 Å². The number of hydrogen-bond acceptors (Lipinski definition) is 6. The first-order valence-electron chi connectivity index (χ1n) is 10.5. The Kier molecular flexibility index (Phi) is 7.68. The van der Waals surface area contributed by atoms with Crippen molar-refractivity contribution in [3.05, 3.63) is 86.9 Å². The Labute approximate surface area is 225 Å². The van der Waals surface area contributed by atoms with Crippen molar-refractivity contribution in [1.82, 2.24) is 5.32 Å². The lowest BCUT2D eigenvalue weighted by molar-refractivity contribution is -0.122. The highest BCUT2D eigenvalue weighted by molar-refractivity contribution is 6.40. The van der Waals surface area contributed by atoms with Gasteiger partial charge in [-0.1, -0.05) is 34.8 Å². The van der Waals surface area contributed by atoms with Crippen LogP contribution >= 0.6 is 34.8 Å². The zero-order valence-electron chi connectivity index (χ0n) is 18.6. The molecule has 0 spiro atoms. The van der Waals surface area contributed by atoms with E-state index in [0.717, 1.165) is 4.90 Å². The summed E-state index contributed by atoms with van der Waals surface area (Å²) in [6.07, 6.45) is 1.21. The number of ether oxygens (including phenoxy) is 1. The summed E-state index contributed by atoms with van der Waals surface area (Å²) in [5.74, 6) is -2.29. The summed E-state index contributed by atoms with van der Waals surface area (Å²) in [6, 6.07) is 13.6. The average molecular weight is 561 g/mol. The van der Waals surface area contributed by atoms with Crippen molar-refractivity contribution in [2.24, 2.45) is 0 Å². The third-order valence-corrected chi connectivity index (χ3v) is 5.83. The maximum atomic E-state index is 13.0. The molecule has 3 N–H and O–H groups in total. The third-order valence-electron chi connectivity index (χ3n) is 5.02. The topological polar surface area (TPSA) is 125 Å². The Bertz CT molecular complexity index is 1420. The van der Waals surface area contributed by atoms with E-state index in [-0.39, 0.29) is 38.4 Å². The van der Waals surface area contributed by atoms with Gasteiger partial charge in [-0.2, -0.15) is 0 Å². The summed E-state index contributed by atoms with van der Waals surface area (Å²) < 4.78 is 5.47. The van der Waals surface area contributed by atoms with Crippen LogP contribution in [0.4, 0.5) is 16.2 Å². The summed E-state index contributed by atoms with van der Waals surface area (Å²) in [5.41, 5.74) is 0.588. The van der Waals surface area contributed by atoms with Crippen molar-refractivity contribution in [3.8, 4) is 11.5 Å². The number of carbonyl (C=O) groups is 4. The van der Waals surface area contributed by atoms with Crippen LogP contribution in [0.2, 0.25) is 15.1 Å². The van der Waals surface area contributed by atoms with Gasteiger partial charge in [-0.05, 0) is 72.3 Å². The molecule has 1 saturated heterocycles. The summed E-state index contributed by atoms with van der Waals surface area (Å²) in [5, 5.41) is 14.8. The molecule has 188 valence electrons. The van der Waals surface area contributed by atoms with Crippen molar-refractivity contribution in [3.63, 3.8) is 0 Å². The Morgan fingerprint density at radius 3 is 2.22 bits per heavy atom. The number of phenolic OH excluding ortho intramolecular Hbond substituents is 1. The summed E-state index contributed by atoms with van der Waals surface area (Å²) in [7, 11) is 0. The highest BCUT2D eigenvalue weighted by Crippen LogP contribution is 2.35. The second kappa shape index (κ2) is 10.9. The molecule has 12 heteroatoms. The standard InChI is InChI=1S/C25H16Cl3N3O6/c26-14-1-3-15(4-2-14)29-21(33)12-37-22-19(27)10-13(11-20(22)28)9-18-23(34)30-25(36)31(24(18)35)16-5-7-17(32)8-6-16/h1-11,32H,12H2,(H,29,33)(H,30,34,36)/b18-9+. The number of nitrogens with zero attached hydrogens (tertiary/aromatic N) is 1. The smallest absolute Gasteiger partial charge is 0.335 e. The highest BCUT2D eigenvalue weighted by Gasteiger charge is 2.36. The molecule has 0 unspecified atom stereocenters. The van der Waals surface area contributed by atoms with Gasteiger partial charge in [0.2, 0.25) is 0 Å². The molecule has 0 aliphatic carbocycles. The molecule has 1 heterocycles. The number of amides is 5. The number of barbiturate groups is 1. The van der Waals surface area contributed by atoms with E-state index in [1.165, 1.54) is 42.5 Å². The number of phenols is 1. The van der Waals surface area contributed by atoms with Crippen LogP contribution in [0.5, 0.6) is 11.5 Å². The van der Waals surface area contributed by atoms with E-state index < -0.39 is 30.4 Å². The first-order valence-corrected chi connectivity index (χ1v) is 11.6. The average Bonchev–Trinajstić information content (AvgIpc) is 2.84. The number of carbonyl (C=O) groups excluding carboxylic acids is 4. The van der Waals surface area contributed by atoms with Gasteiger partial charge in [-0.15, -0.1) is 0 Å². The lowest BCUT2D eigenvalue weighted by atomic mass is 10.1. The molecule has 1 aliphatic rings. The molecule has 0 radical (unpaired) electrons. The molecule has 37 heavy (non-hydrogen) atoms. The molecule has 3 aromatic carbocycles. The van der Waals surface area contributed by atoms with Gasteiger partial charge in [0.1, 0.15) is 11.3 Å². The molecule has 9 nitrogen and oxygen atoms in total. The van der Waals surface area contributed by atoms with E-state index in [2.05, 4.69) is 10.6 Å². The Balaban J connectivity index is 1.51. The van der Waals surface area contributed by atoms with Gasteiger partial charge in [0, 0.05) is 10.7 Å². The fraction of sp³-hybridized carbons (Fsp3) is 0.0400. The first-order chi connectivity index (χ1) is 17.6. The second-order valence-corrected chi connectivity index (χ2v) is 8.88. The highest BCUT2D eigenvalue weighted by atomic mass is 35.5. The van der Waals surface area contributed by atoms with Crippen LogP contribution in [0.3, 0.4) is 0 Å². The van der Waals surface area contributed by atoms with Crippen LogP contribution in [0.15, 0.2) is 66.2 Å². The number of imide groups is 2. The van der Waals surface area contributed by atoms with Crippen molar-refractivity contribution >= 4 is 76.0 Å². The molecule has 0 saturated carbocycles. The van der Waals surface area contributed by atoms with E-state index in [9.17, 15) is 24.3 Å². The van der Waals surface area contributed by atoms with Crippen molar-refractivity contribution < 1.29 is 29.0 Å². The number of halogens is 3. The maximum absolute atomic E-state index is 13.0. The predicted molar refractivity (Wildman–Crippen MR) is 139 cm³/mol. The molecule has 0 aromatic heterocycles. The minimum Gasteiger partial charge on any atom is -0.508 e. The number of hydrogen-bond donors (Lipinski definition) is 3. The van der Waals surface area contributed by atoms with Crippen LogP contribution in [0.25, 0.3) is 6.08 Å². The molecule has 3 aromatic rings. The van der Waals surface area contributed by atoms with Gasteiger partial charge in [-0.25, -0.2) is 9.69 Å². The fourth-order valence-corrected chi connectivity index (χ4v) is 4.07. The zero-order valence-corrected chi connectivity index (χ0v) is 20.9. The SMILES string of the molecule is O=C(COc1c(Cl)cc(/C=C2\C(=O)NC(=O)N(c3ccc(O)cc3)C2=O)cc1Cl)Nc1ccc(Cl)cc1. The Morgan fingerprint density at radius 1 is 0.973 bits per heavy atom. The number of benzene rings is 3. The maximum Gasteiger partial charge on any atom is 0.335 e. The number of urea groups is 1. The van der Waals surface area contributed by atoms with Crippen LogP contribution < -0.4 is 20.3 Å². The minimum atomic E-state index is -0.936. The van der Waals surface area contributed by atoms with Crippen LogP contribution in [-0.2, 0) is 14.4 Å². The number of nitrogens with one attached hydrogen (secondary N) is 2. The van der Waals surface area contributed by atoms with E-state index >= 15 is 0 Å². The lowest BCUT2D eigenvalue weighted by Crippen LogP contribution is -2.54. The fourth-order valence-electron chi connectivity index (χ4n) is 3.33. The minimum absolute atomic E-state index is 0.0220. The summed E-state index contributed by atoms with van der Waals surface area (Å²) in [4.78, 5) is 50.6. The van der Waals surface area contributed by atoms with E-state index in [1.54, 1.807) is 24.3 Å². The molecule has 1 aliphatic heterocycles.